The summed E-state index contributed by atoms with van der Waals surface area (Å²) >= 11 is 3.48. The van der Waals surface area contributed by atoms with Gasteiger partial charge in [0.1, 0.15) is 11.5 Å². The van der Waals surface area contributed by atoms with Crippen LogP contribution in [-0.4, -0.2) is 30.8 Å². The first-order chi connectivity index (χ1) is 10.6. The quantitative estimate of drug-likeness (QED) is 0.387. The second-order valence-corrected chi connectivity index (χ2v) is 6.37. The molecule has 4 nitrogen and oxygen atoms in total. The Hall–Kier alpha value is -0.560. The van der Waals surface area contributed by atoms with Crippen LogP contribution in [0.15, 0.2) is 39.2 Å². The predicted octanol–water partition coefficient (Wildman–Crippen LogP) is -2.91. The van der Waals surface area contributed by atoms with Gasteiger partial charge in [0.25, 0.3) is 0 Å². The van der Waals surface area contributed by atoms with E-state index in [1.54, 1.807) is 6.92 Å². The number of halogens is 3. The van der Waals surface area contributed by atoms with Gasteiger partial charge in [0.05, 0.1) is 12.6 Å². The van der Waals surface area contributed by atoms with Crippen molar-refractivity contribution in [3.05, 3.63) is 46.1 Å². The SMILES string of the molecule is Cc1cc(Br)ccc1-c1ccc(CNCCNCC(C)O)o1.[Cl-].[Cl-]. The van der Waals surface area contributed by atoms with Crippen molar-refractivity contribution in [2.75, 3.05) is 19.6 Å². The van der Waals surface area contributed by atoms with Gasteiger partial charge in [-0.05, 0) is 49.7 Å². The average molecular weight is 438 g/mol. The fraction of sp³-hybridized carbons (Fsp3) is 0.412. The molecule has 7 heteroatoms. The van der Waals surface area contributed by atoms with Gasteiger partial charge in [0.15, 0.2) is 0 Å². The standard InChI is InChI=1S/C17H23BrN2O2.2ClH/c1-12-9-14(18)3-5-16(12)17-6-4-15(22-17)11-20-8-7-19-10-13(2)21;;/h3-6,9,13,19-21H,7-8,10-11H2,1-2H3;2*1H/p-2. The maximum absolute atomic E-state index is 9.14. The van der Waals surface area contributed by atoms with Gasteiger partial charge in [-0.15, -0.1) is 0 Å². The summed E-state index contributed by atoms with van der Waals surface area (Å²) in [5.41, 5.74) is 2.30. The van der Waals surface area contributed by atoms with E-state index in [9.17, 15) is 0 Å². The molecule has 2 aromatic rings. The molecule has 0 aliphatic rings. The van der Waals surface area contributed by atoms with Crippen LogP contribution >= 0.6 is 15.9 Å². The van der Waals surface area contributed by atoms with E-state index < -0.39 is 0 Å². The lowest BCUT2D eigenvalue weighted by Gasteiger charge is -2.07. The first-order valence-corrected chi connectivity index (χ1v) is 8.30. The zero-order valence-electron chi connectivity index (χ0n) is 13.8. The van der Waals surface area contributed by atoms with Gasteiger partial charge in [-0.25, -0.2) is 0 Å². The van der Waals surface area contributed by atoms with Crippen molar-refractivity contribution in [3.8, 4) is 11.3 Å². The van der Waals surface area contributed by atoms with Crippen LogP contribution < -0.4 is 35.4 Å². The normalized spacial score (nSPS) is 11.5. The molecule has 0 bridgehead atoms. The highest BCUT2D eigenvalue weighted by molar-refractivity contribution is 9.10. The van der Waals surface area contributed by atoms with Crippen LogP contribution in [0.25, 0.3) is 11.3 Å². The number of aliphatic hydroxyl groups excluding tert-OH is 1. The van der Waals surface area contributed by atoms with E-state index in [0.29, 0.717) is 13.1 Å². The summed E-state index contributed by atoms with van der Waals surface area (Å²) in [5.74, 6) is 1.82. The summed E-state index contributed by atoms with van der Waals surface area (Å²) in [5, 5.41) is 15.6. The van der Waals surface area contributed by atoms with Crippen molar-refractivity contribution in [1.82, 2.24) is 10.6 Å². The Labute approximate surface area is 164 Å². The molecule has 0 aliphatic heterocycles. The summed E-state index contributed by atoms with van der Waals surface area (Å²) in [7, 11) is 0. The lowest BCUT2D eigenvalue weighted by atomic mass is 10.1. The van der Waals surface area contributed by atoms with E-state index in [-0.39, 0.29) is 30.9 Å². The highest BCUT2D eigenvalue weighted by atomic mass is 79.9. The van der Waals surface area contributed by atoms with Gasteiger partial charge in [-0.3, -0.25) is 0 Å². The van der Waals surface area contributed by atoms with E-state index in [4.69, 9.17) is 9.52 Å². The Balaban J connectivity index is 0.00000264. The van der Waals surface area contributed by atoms with Crippen molar-refractivity contribution in [3.63, 3.8) is 0 Å². The molecule has 1 aromatic heterocycles. The van der Waals surface area contributed by atoms with Gasteiger partial charge < -0.3 is 45.0 Å². The second-order valence-electron chi connectivity index (χ2n) is 5.46. The van der Waals surface area contributed by atoms with Crippen LogP contribution in [0.4, 0.5) is 0 Å². The fourth-order valence-electron chi connectivity index (χ4n) is 2.22. The van der Waals surface area contributed by atoms with Crippen molar-refractivity contribution in [2.24, 2.45) is 0 Å². The van der Waals surface area contributed by atoms with Crippen LogP contribution in [0.2, 0.25) is 0 Å². The summed E-state index contributed by atoms with van der Waals surface area (Å²) in [6.07, 6.45) is -0.304. The maximum Gasteiger partial charge on any atom is 0.134 e. The lowest BCUT2D eigenvalue weighted by Crippen LogP contribution is -3.00. The van der Waals surface area contributed by atoms with Gasteiger partial charge in [0.2, 0.25) is 0 Å². The third-order valence-electron chi connectivity index (χ3n) is 3.33. The number of aliphatic hydroxyl groups is 1. The molecule has 0 amide bonds. The molecule has 3 N–H and O–H groups in total. The molecule has 0 radical (unpaired) electrons. The molecule has 24 heavy (non-hydrogen) atoms. The highest BCUT2D eigenvalue weighted by Crippen LogP contribution is 2.27. The zero-order chi connectivity index (χ0) is 15.9. The van der Waals surface area contributed by atoms with Crippen LogP contribution in [-0.2, 0) is 6.54 Å². The third-order valence-corrected chi connectivity index (χ3v) is 3.83. The molecule has 0 aliphatic carbocycles. The number of rotatable bonds is 8. The summed E-state index contributed by atoms with van der Waals surface area (Å²) in [6, 6.07) is 10.2. The third kappa shape index (κ3) is 7.55. The van der Waals surface area contributed by atoms with E-state index in [1.807, 2.05) is 18.2 Å². The molecule has 1 aromatic carbocycles. The number of nitrogens with one attached hydrogen (secondary N) is 2. The molecule has 2 rings (SSSR count). The van der Waals surface area contributed by atoms with Gasteiger partial charge >= 0.3 is 0 Å². The van der Waals surface area contributed by atoms with Crippen LogP contribution in [0.5, 0.6) is 0 Å². The minimum Gasteiger partial charge on any atom is -1.00 e. The van der Waals surface area contributed by atoms with Crippen LogP contribution in [0.3, 0.4) is 0 Å². The summed E-state index contributed by atoms with van der Waals surface area (Å²) in [6.45, 7) is 6.83. The van der Waals surface area contributed by atoms with Crippen LogP contribution in [0, 0.1) is 6.92 Å². The molecule has 1 atom stereocenters. The van der Waals surface area contributed by atoms with Gasteiger partial charge in [-0.1, -0.05) is 15.9 Å². The number of benzene rings is 1. The monoisotopic (exact) mass is 436 g/mol. The summed E-state index contributed by atoms with van der Waals surface area (Å²) in [4.78, 5) is 0. The van der Waals surface area contributed by atoms with Crippen molar-refractivity contribution in [1.29, 1.82) is 0 Å². The Morgan fingerprint density at radius 3 is 2.50 bits per heavy atom. The van der Waals surface area contributed by atoms with Crippen molar-refractivity contribution >= 4 is 15.9 Å². The molecule has 1 heterocycles. The Morgan fingerprint density at radius 2 is 1.83 bits per heavy atom. The zero-order valence-corrected chi connectivity index (χ0v) is 16.9. The number of furan rings is 1. The summed E-state index contributed by atoms with van der Waals surface area (Å²) < 4.78 is 6.97. The first-order valence-electron chi connectivity index (χ1n) is 7.51. The number of hydrogen-bond donors (Lipinski definition) is 3. The van der Waals surface area contributed by atoms with E-state index >= 15 is 0 Å². The second kappa shape index (κ2) is 11.9. The maximum atomic E-state index is 9.14. The van der Waals surface area contributed by atoms with Crippen molar-refractivity contribution in [2.45, 2.75) is 26.5 Å². The molecule has 1 unspecified atom stereocenters. The minimum absolute atomic E-state index is 0. The average Bonchev–Trinajstić information content (AvgIpc) is 2.91. The smallest absolute Gasteiger partial charge is 0.134 e. The Morgan fingerprint density at radius 1 is 1.12 bits per heavy atom. The molecule has 0 spiro atoms. The minimum atomic E-state index is -0.304. The molecule has 0 saturated heterocycles. The van der Waals surface area contributed by atoms with Gasteiger partial charge in [-0.2, -0.15) is 0 Å². The van der Waals surface area contributed by atoms with Crippen molar-refractivity contribution < 1.29 is 34.3 Å². The molecular weight excluding hydrogens is 415 g/mol. The van der Waals surface area contributed by atoms with E-state index in [0.717, 1.165) is 34.6 Å². The molecule has 136 valence electrons. The lowest BCUT2D eigenvalue weighted by molar-refractivity contribution is -0.00100. The van der Waals surface area contributed by atoms with E-state index in [2.05, 4.69) is 45.6 Å². The van der Waals surface area contributed by atoms with Crippen LogP contribution in [0.1, 0.15) is 18.2 Å². The fourth-order valence-corrected chi connectivity index (χ4v) is 2.70. The largest absolute Gasteiger partial charge is 1.00 e. The molecule has 0 fully saturated rings. The Bertz CT molecular complexity index is 606. The highest BCUT2D eigenvalue weighted by Gasteiger charge is 2.07. The molecular formula is C17H23BrCl2N2O2-2. The first kappa shape index (κ1) is 23.4. The van der Waals surface area contributed by atoms with E-state index in [1.165, 1.54) is 5.56 Å². The predicted molar refractivity (Wildman–Crippen MR) is 92.8 cm³/mol. The number of hydrogen-bond acceptors (Lipinski definition) is 4. The molecule has 0 saturated carbocycles. The van der Waals surface area contributed by atoms with Gasteiger partial charge in [0, 0.05) is 29.7 Å². The Kier molecular flexibility index (Phi) is 11.6. The number of aryl methyl sites for hydroxylation is 1. The topological polar surface area (TPSA) is 57.4 Å².